The van der Waals surface area contributed by atoms with E-state index in [2.05, 4.69) is 15.5 Å². The Morgan fingerprint density at radius 2 is 2.15 bits per heavy atom. The second-order valence-electron chi connectivity index (χ2n) is 5.85. The Bertz CT molecular complexity index is 954. The lowest BCUT2D eigenvalue weighted by Crippen LogP contribution is -2.22. The second kappa shape index (κ2) is 7.36. The zero-order chi connectivity index (χ0) is 18.8. The summed E-state index contributed by atoms with van der Waals surface area (Å²) in [5.74, 6) is 2.46. The largest absolute Gasteiger partial charge is 0.461 e. The van der Waals surface area contributed by atoms with E-state index in [1.807, 2.05) is 24.5 Å². The molecule has 0 bridgehead atoms. The van der Waals surface area contributed by atoms with Crippen LogP contribution in [0.15, 0.2) is 46.2 Å². The SMILES string of the molecule is CCn1c(S[C@@H](C)C(=O)Nc2ccc3c(c2)OCO3)nnc1-c1ccco1. The number of carbonyl (C=O) groups is 1. The summed E-state index contributed by atoms with van der Waals surface area (Å²) in [6.45, 7) is 4.69. The third-order valence-electron chi connectivity index (χ3n) is 4.07. The summed E-state index contributed by atoms with van der Waals surface area (Å²) in [6.07, 6.45) is 1.60. The summed E-state index contributed by atoms with van der Waals surface area (Å²) in [7, 11) is 0. The highest BCUT2D eigenvalue weighted by molar-refractivity contribution is 8.00. The van der Waals surface area contributed by atoms with Crippen LogP contribution in [-0.4, -0.2) is 32.7 Å². The smallest absolute Gasteiger partial charge is 0.237 e. The molecule has 1 atom stereocenters. The molecule has 0 saturated carbocycles. The number of anilines is 1. The number of nitrogens with one attached hydrogen (secondary N) is 1. The van der Waals surface area contributed by atoms with Crippen molar-refractivity contribution >= 4 is 23.4 Å². The van der Waals surface area contributed by atoms with E-state index in [1.165, 1.54) is 11.8 Å². The normalized spacial score (nSPS) is 13.6. The topological polar surface area (TPSA) is 91.4 Å². The highest BCUT2D eigenvalue weighted by atomic mass is 32.2. The van der Waals surface area contributed by atoms with Gasteiger partial charge in [-0.05, 0) is 38.1 Å². The minimum absolute atomic E-state index is 0.135. The highest BCUT2D eigenvalue weighted by Gasteiger charge is 2.22. The van der Waals surface area contributed by atoms with Gasteiger partial charge in [-0.25, -0.2) is 0 Å². The summed E-state index contributed by atoms with van der Waals surface area (Å²) in [4.78, 5) is 12.6. The van der Waals surface area contributed by atoms with Crippen LogP contribution in [0, 0.1) is 0 Å². The number of nitrogens with zero attached hydrogens (tertiary/aromatic N) is 3. The molecule has 1 amide bonds. The van der Waals surface area contributed by atoms with Crippen LogP contribution in [0.25, 0.3) is 11.6 Å². The van der Waals surface area contributed by atoms with Gasteiger partial charge in [0.05, 0.1) is 11.5 Å². The first-order chi connectivity index (χ1) is 13.2. The predicted octanol–water partition coefficient (Wildman–Crippen LogP) is 3.41. The van der Waals surface area contributed by atoms with Gasteiger partial charge in [0.25, 0.3) is 0 Å². The molecule has 0 saturated heterocycles. The molecule has 27 heavy (non-hydrogen) atoms. The molecular weight excluding hydrogens is 368 g/mol. The van der Waals surface area contributed by atoms with Crippen molar-refractivity contribution in [1.82, 2.24) is 14.8 Å². The molecule has 0 aliphatic carbocycles. The van der Waals surface area contributed by atoms with Gasteiger partial charge in [-0.15, -0.1) is 10.2 Å². The number of fused-ring (bicyclic) bond motifs is 1. The first-order valence-corrected chi connectivity index (χ1v) is 9.38. The maximum atomic E-state index is 12.6. The van der Waals surface area contributed by atoms with E-state index >= 15 is 0 Å². The number of carbonyl (C=O) groups excluding carboxylic acids is 1. The second-order valence-corrected chi connectivity index (χ2v) is 7.15. The number of hydrogen-bond acceptors (Lipinski definition) is 7. The molecule has 140 valence electrons. The summed E-state index contributed by atoms with van der Waals surface area (Å²) in [5.41, 5.74) is 0.657. The van der Waals surface area contributed by atoms with Crippen molar-refractivity contribution in [3.05, 3.63) is 36.6 Å². The van der Waals surface area contributed by atoms with Crippen LogP contribution in [0.3, 0.4) is 0 Å². The molecule has 0 unspecified atom stereocenters. The summed E-state index contributed by atoms with van der Waals surface area (Å²) < 4.78 is 17.9. The number of benzene rings is 1. The number of amides is 1. The van der Waals surface area contributed by atoms with Gasteiger partial charge in [-0.3, -0.25) is 9.36 Å². The van der Waals surface area contributed by atoms with Crippen LogP contribution in [0.1, 0.15) is 13.8 Å². The van der Waals surface area contributed by atoms with Crippen molar-refractivity contribution in [2.45, 2.75) is 30.8 Å². The minimum atomic E-state index is -0.366. The molecule has 1 N–H and O–H groups in total. The van der Waals surface area contributed by atoms with E-state index in [9.17, 15) is 4.79 Å². The van der Waals surface area contributed by atoms with E-state index < -0.39 is 0 Å². The number of hydrogen-bond donors (Lipinski definition) is 1. The van der Waals surface area contributed by atoms with Gasteiger partial charge in [0, 0.05) is 18.3 Å². The predicted molar refractivity (Wildman–Crippen MR) is 99.9 cm³/mol. The molecule has 1 aromatic carbocycles. The van der Waals surface area contributed by atoms with Crippen molar-refractivity contribution in [2.24, 2.45) is 0 Å². The van der Waals surface area contributed by atoms with Gasteiger partial charge in [0.2, 0.25) is 12.7 Å². The van der Waals surface area contributed by atoms with Crippen LogP contribution in [0.5, 0.6) is 11.5 Å². The zero-order valence-corrected chi connectivity index (χ0v) is 15.7. The molecule has 8 nitrogen and oxygen atoms in total. The van der Waals surface area contributed by atoms with Gasteiger partial charge < -0.3 is 19.2 Å². The Balaban J connectivity index is 1.46. The fraction of sp³-hybridized carbons (Fsp3) is 0.278. The molecule has 3 heterocycles. The molecular formula is C18H18N4O4S. The Morgan fingerprint density at radius 1 is 1.30 bits per heavy atom. The molecule has 9 heteroatoms. The average molecular weight is 386 g/mol. The van der Waals surface area contributed by atoms with Crippen molar-refractivity contribution in [3.63, 3.8) is 0 Å². The quantitative estimate of drug-likeness (QED) is 0.649. The molecule has 0 spiro atoms. The van der Waals surface area contributed by atoms with Crippen LogP contribution in [-0.2, 0) is 11.3 Å². The van der Waals surface area contributed by atoms with Gasteiger partial charge in [-0.1, -0.05) is 11.8 Å². The molecule has 3 aromatic rings. The lowest BCUT2D eigenvalue weighted by molar-refractivity contribution is -0.115. The van der Waals surface area contributed by atoms with E-state index in [0.717, 1.165) is 0 Å². The number of furan rings is 1. The van der Waals surface area contributed by atoms with Gasteiger partial charge in [0.1, 0.15) is 0 Å². The molecule has 0 radical (unpaired) electrons. The Labute approximate surface area is 159 Å². The molecule has 4 rings (SSSR count). The summed E-state index contributed by atoms with van der Waals surface area (Å²) in [5, 5.41) is 11.6. The number of ether oxygens (including phenoxy) is 2. The fourth-order valence-corrected chi connectivity index (χ4v) is 3.59. The zero-order valence-electron chi connectivity index (χ0n) is 14.8. The van der Waals surface area contributed by atoms with Crippen molar-refractivity contribution in [2.75, 3.05) is 12.1 Å². The number of rotatable bonds is 6. The van der Waals surface area contributed by atoms with Gasteiger partial charge in [0.15, 0.2) is 28.2 Å². The minimum Gasteiger partial charge on any atom is -0.461 e. The number of thioether (sulfide) groups is 1. The van der Waals surface area contributed by atoms with Gasteiger partial charge in [-0.2, -0.15) is 0 Å². The van der Waals surface area contributed by atoms with E-state index in [4.69, 9.17) is 13.9 Å². The van der Waals surface area contributed by atoms with Gasteiger partial charge >= 0.3 is 0 Å². The molecule has 0 fully saturated rings. The fourth-order valence-electron chi connectivity index (χ4n) is 2.68. The van der Waals surface area contributed by atoms with Crippen LogP contribution in [0.2, 0.25) is 0 Å². The summed E-state index contributed by atoms with van der Waals surface area (Å²) >= 11 is 1.35. The first-order valence-electron chi connectivity index (χ1n) is 8.50. The number of aromatic nitrogens is 3. The molecule has 1 aliphatic rings. The van der Waals surface area contributed by atoms with E-state index in [0.29, 0.717) is 40.5 Å². The lowest BCUT2D eigenvalue weighted by atomic mass is 10.2. The third-order valence-corrected chi connectivity index (χ3v) is 5.15. The van der Waals surface area contributed by atoms with Crippen molar-refractivity contribution in [1.29, 1.82) is 0 Å². The van der Waals surface area contributed by atoms with Crippen molar-refractivity contribution < 1.29 is 18.7 Å². The van der Waals surface area contributed by atoms with Crippen molar-refractivity contribution in [3.8, 4) is 23.1 Å². The summed E-state index contributed by atoms with van der Waals surface area (Å²) in [6, 6.07) is 8.95. The third kappa shape index (κ3) is 3.50. The van der Waals surface area contributed by atoms with Crippen LogP contribution >= 0.6 is 11.8 Å². The Kier molecular flexibility index (Phi) is 4.76. The first kappa shape index (κ1) is 17.5. The standard InChI is InChI=1S/C18H18N4O4S/c1-3-22-16(14-5-4-8-24-14)20-21-18(22)27-11(2)17(23)19-12-6-7-13-15(9-12)26-10-25-13/h4-9,11H,3,10H2,1-2H3,(H,19,23)/t11-/m0/s1. The van der Waals surface area contributed by atoms with E-state index in [-0.39, 0.29) is 18.0 Å². The molecule has 1 aliphatic heterocycles. The maximum absolute atomic E-state index is 12.6. The molecule has 2 aromatic heterocycles. The van der Waals surface area contributed by atoms with Crippen LogP contribution < -0.4 is 14.8 Å². The average Bonchev–Trinajstić information content (AvgIpc) is 3.41. The van der Waals surface area contributed by atoms with E-state index in [1.54, 1.807) is 30.5 Å². The monoisotopic (exact) mass is 386 g/mol. The Morgan fingerprint density at radius 3 is 2.93 bits per heavy atom. The maximum Gasteiger partial charge on any atom is 0.237 e. The lowest BCUT2D eigenvalue weighted by Gasteiger charge is -2.12. The highest BCUT2D eigenvalue weighted by Crippen LogP contribution is 2.34. The van der Waals surface area contributed by atoms with Crippen LogP contribution in [0.4, 0.5) is 5.69 Å². The Hall–Kier alpha value is -2.94.